The maximum absolute atomic E-state index is 12.1. The zero-order valence-electron chi connectivity index (χ0n) is 14.4. The minimum atomic E-state index is -0.536. The van der Waals surface area contributed by atoms with Crippen LogP contribution >= 0.6 is 0 Å². The number of ether oxygens (including phenoxy) is 1. The number of hydrogen-bond acceptors (Lipinski definition) is 3. The molecule has 4 nitrogen and oxygen atoms in total. The SMILES string of the molecule is CCCC(NC(=O)COC(=O)/C=C/c1ccccc1)c1ccccc1. The molecule has 0 radical (unpaired) electrons. The van der Waals surface area contributed by atoms with E-state index in [0.717, 1.165) is 24.0 Å². The van der Waals surface area contributed by atoms with E-state index in [9.17, 15) is 9.59 Å². The van der Waals surface area contributed by atoms with E-state index in [1.807, 2.05) is 60.7 Å². The fourth-order valence-corrected chi connectivity index (χ4v) is 2.45. The van der Waals surface area contributed by atoms with Crippen molar-refractivity contribution < 1.29 is 14.3 Å². The summed E-state index contributed by atoms with van der Waals surface area (Å²) < 4.78 is 5.00. The molecular formula is C21H23NO3. The van der Waals surface area contributed by atoms with Gasteiger partial charge in [-0.05, 0) is 23.6 Å². The van der Waals surface area contributed by atoms with Gasteiger partial charge in [0.05, 0.1) is 6.04 Å². The van der Waals surface area contributed by atoms with Gasteiger partial charge in [0.1, 0.15) is 0 Å². The molecule has 0 heterocycles. The van der Waals surface area contributed by atoms with Gasteiger partial charge in [0.25, 0.3) is 5.91 Å². The summed E-state index contributed by atoms with van der Waals surface area (Å²) in [5, 5.41) is 2.92. The molecule has 2 aromatic carbocycles. The second-order valence-corrected chi connectivity index (χ2v) is 5.67. The molecule has 1 amide bonds. The van der Waals surface area contributed by atoms with Gasteiger partial charge in [0.2, 0.25) is 0 Å². The first-order valence-electron chi connectivity index (χ1n) is 8.43. The fourth-order valence-electron chi connectivity index (χ4n) is 2.45. The molecule has 0 fully saturated rings. The lowest BCUT2D eigenvalue weighted by molar-refractivity contribution is -0.144. The summed E-state index contributed by atoms with van der Waals surface area (Å²) in [7, 11) is 0. The van der Waals surface area contributed by atoms with Crippen LogP contribution in [-0.2, 0) is 14.3 Å². The molecule has 0 bridgehead atoms. The van der Waals surface area contributed by atoms with Crippen molar-refractivity contribution >= 4 is 18.0 Å². The lowest BCUT2D eigenvalue weighted by atomic mass is 10.0. The average molecular weight is 337 g/mol. The highest BCUT2D eigenvalue weighted by Crippen LogP contribution is 2.17. The van der Waals surface area contributed by atoms with Crippen molar-refractivity contribution in [3.63, 3.8) is 0 Å². The Bertz CT molecular complexity index is 696. The number of carbonyl (C=O) groups excluding carboxylic acids is 2. The van der Waals surface area contributed by atoms with Gasteiger partial charge in [0.15, 0.2) is 6.61 Å². The predicted molar refractivity (Wildman–Crippen MR) is 98.7 cm³/mol. The van der Waals surface area contributed by atoms with Crippen LogP contribution in [0.1, 0.15) is 36.9 Å². The molecule has 130 valence electrons. The molecule has 0 aliphatic heterocycles. The highest BCUT2D eigenvalue weighted by molar-refractivity contribution is 5.89. The summed E-state index contributed by atoms with van der Waals surface area (Å²) in [6.45, 7) is 1.78. The van der Waals surface area contributed by atoms with Gasteiger partial charge in [0, 0.05) is 6.08 Å². The van der Waals surface area contributed by atoms with Gasteiger partial charge in [-0.2, -0.15) is 0 Å². The molecule has 0 aliphatic carbocycles. The number of benzene rings is 2. The predicted octanol–water partition coefficient (Wildman–Crippen LogP) is 3.90. The molecule has 0 saturated heterocycles. The van der Waals surface area contributed by atoms with Gasteiger partial charge in [-0.25, -0.2) is 4.79 Å². The fraction of sp³-hybridized carbons (Fsp3) is 0.238. The molecule has 25 heavy (non-hydrogen) atoms. The van der Waals surface area contributed by atoms with E-state index in [2.05, 4.69) is 12.2 Å². The highest BCUT2D eigenvalue weighted by atomic mass is 16.5. The van der Waals surface area contributed by atoms with Crippen LogP contribution in [0.25, 0.3) is 6.08 Å². The molecule has 4 heteroatoms. The first-order chi connectivity index (χ1) is 12.2. The van der Waals surface area contributed by atoms with E-state index in [1.165, 1.54) is 6.08 Å². The molecule has 0 aromatic heterocycles. The molecule has 1 N–H and O–H groups in total. The molecule has 1 atom stereocenters. The maximum Gasteiger partial charge on any atom is 0.331 e. The highest BCUT2D eigenvalue weighted by Gasteiger charge is 2.14. The summed E-state index contributed by atoms with van der Waals surface area (Å²) in [4.78, 5) is 23.8. The van der Waals surface area contributed by atoms with Gasteiger partial charge in [-0.15, -0.1) is 0 Å². The number of hydrogen-bond donors (Lipinski definition) is 1. The van der Waals surface area contributed by atoms with Crippen LogP contribution in [0.5, 0.6) is 0 Å². The van der Waals surface area contributed by atoms with Crippen LogP contribution in [-0.4, -0.2) is 18.5 Å². The standard InChI is InChI=1S/C21H23NO3/c1-2-9-19(18-12-7-4-8-13-18)22-20(23)16-25-21(24)15-14-17-10-5-3-6-11-17/h3-8,10-15,19H,2,9,16H2,1H3,(H,22,23)/b15-14+. The van der Waals surface area contributed by atoms with E-state index in [4.69, 9.17) is 4.74 Å². The summed E-state index contributed by atoms with van der Waals surface area (Å²) in [6, 6.07) is 19.1. The van der Waals surface area contributed by atoms with Crippen molar-refractivity contribution in [1.29, 1.82) is 0 Å². The van der Waals surface area contributed by atoms with E-state index in [-0.39, 0.29) is 18.6 Å². The molecule has 0 spiro atoms. The number of carbonyl (C=O) groups is 2. The van der Waals surface area contributed by atoms with Crippen LogP contribution in [0.15, 0.2) is 66.7 Å². The number of amides is 1. The first kappa shape index (κ1) is 18.5. The van der Waals surface area contributed by atoms with Crippen molar-refractivity contribution in [1.82, 2.24) is 5.32 Å². The Morgan fingerprint density at radius 1 is 1.04 bits per heavy atom. The maximum atomic E-state index is 12.1. The van der Waals surface area contributed by atoms with Crippen molar-refractivity contribution in [3.8, 4) is 0 Å². The second-order valence-electron chi connectivity index (χ2n) is 5.67. The second kappa shape index (κ2) is 10.1. The van der Waals surface area contributed by atoms with E-state index in [1.54, 1.807) is 6.08 Å². The Morgan fingerprint density at radius 2 is 1.68 bits per heavy atom. The minimum Gasteiger partial charge on any atom is -0.452 e. The Kier molecular flexibility index (Phi) is 7.44. The largest absolute Gasteiger partial charge is 0.452 e. The number of nitrogens with one attached hydrogen (secondary N) is 1. The summed E-state index contributed by atoms with van der Waals surface area (Å²) >= 11 is 0. The molecule has 1 unspecified atom stereocenters. The lowest BCUT2D eigenvalue weighted by Gasteiger charge is -2.18. The van der Waals surface area contributed by atoms with Crippen molar-refractivity contribution in [2.75, 3.05) is 6.61 Å². The molecule has 0 aliphatic rings. The van der Waals surface area contributed by atoms with Crippen LogP contribution in [0.3, 0.4) is 0 Å². The minimum absolute atomic E-state index is 0.0720. The van der Waals surface area contributed by atoms with Crippen molar-refractivity contribution in [2.45, 2.75) is 25.8 Å². The Labute approximate surface area is 148 Å². The molecule has 2 rings (SSSR count). The zero-order chi connectivity index (χ0) is 17.9. The average Bonchev–Trinajstić information content (AvgIpc) is 2.66. The molecule has 2 aromatic rings. The summed E-state index contributed by atoms with van der Waals surface area (Å²) in [5.41, 5.74) is 1.95. The smallest absolute Gasteiger partial charge is 0.331 e. The Balaban J connectivity index is 1.82. The van der Waals surface area contributed by atoms with Gasteiger partial charge < -0.3 is 10.1 Å². The molecule has 0 saturated carbocycles. The third kappa shape index (κ3) is 6.63. The van der Waals surface area contributed by atoms with Gasteiger partial charge in [-0.3, -0.25) is 4.79 Å². The van der Waals surface area contributed by atoms with Gasteiger partial charge >= 0.3 is 5.97 Å². The topological polar surface area (TPSA) is 55.4 Å². The lowest BCUT2D eigenvalue weighted by Crippen LogP contribution is -2.32. The van der Waals surface area contributed by atoms with Crippen LogP contribution in [0.4, 0.5) is 0 Å². The Morgan fingerprint density at radius 3 is 2.32 bits per heavy atom. The van der Waals surface area contributed by atoms with Crippen molar-refractivity contribution in [2.24, 2.45) is 0 Å². The first-order valence-corrected chi connectivity index (χ1v) is 8.43. The van der Waals surface area contributed by atoms with Crippen LogP contribution in [0.2, 0.25) is 0 Å². The van der Waals surface area contributed by atoms with E-state index in [0.29, 0.717) is 0 Å². The quantitative estimate of drug-likeness (QED) is 0.587. The van der Waals surface area contributed by atoms with Crippen LogP contribution < -0.4 is 5.32 Å². The molecular weight excluding hydrogens is 314 g/mol. The summed E-state index contributed by atoms with van der Waals surface area (Å²) in [5.74, 6) is -0.838. The Hall–Kier alpha value is -2.88. The van der Waals surface area contributed by atoms with Gasteiger partial charge in [-0.1, -0.05) is 74.0 Å². The number of rotatable bonds is 8. The third-order valence-electron chi connectivity index (χ3n) is 3.67. The van der Waals surface area contributed by atoms with Crippen LogP contribution in [0, 0.1) is 0 Å². The summed E-state index contributed by atoms with van der Waals surface area (Å²) in [6.07, 6.45) is 4.75. The van der Waals surface area contributed by atoms with Crippen molar-refractivity contribution in [3.05, 3.63) is 77.9 Å². The van der Waals surface area contributed by atoms with E-state index < -0.39 is 5.97 Å². The number of esters is 1. The third-order valence-corrected chi connectivity index (χ3v) is 3.67. The normalized spacial score (nSPS) is 11.9. The monoisotopic (exact) mass is 337 g/mol. The zero-order valence-corrected chi connectivity index (χ0v) is 14.4. The van der Waals surface area contributed by atoms with E-state index >= 15 is 0 Å².